The fourth-order valence-corrected chi connectivity index (χ4v) is 2.04. The molecule has 1 atom stereocenters. The molecule has 1 aromatic carbocycles. The summed E-state index contributed by atoms with van der Waals surface area (Å²) in [5.41, 5.74) is 1.11. The van der Waals surface area contributed by atoms with Gasteiger partial charge in [0.25, 0.3) is 0 Å². The summed E-state index contributed by atoms with van der Waals surface area (Å²) in [5.74, 6) is 1.56. The first kappa shape index (κ1) is 18.5. The van der Waals surface area contributed by atoms with Crippen LogP contribution in [-0.2, 0) is 6.54 Å². The Morgan fingerprint density at radius 1 is 1.18 bits per heavy atom. The average Bonchev–Trinajstić information content (AvgIpc) is 3.05. The first-order valence-corrected chi connectivity index (χ1v) is 6.96. The van der Waals surface area contributed by atoms with Crippen molar-refractivity contribution in [3.63, 3.8) is 0 Å². The molecule has 0 bridgehead atoms. The van der Waals surface area contributed by atoms with Crippen LogP contribution in [0.2, 0.25) is 0 Å². The van der Waals surface area contributed by atoms with Crippen molar-refractivity contribution < 1.29 is 9.52 Å². The van der Waals surface area contributed by atoms with Crippen LogP contribution >= 0.6 is 24.0 Å². The largest absolute Gasteiger partial charge is 0.467 e. The van der Waals surface area contributed by atoms with Crippen LogP contribution in [0.5, 0.6) is 0 Å². The lowest BCUT2D eigenvalue weighted by molar-refractivity contribution is 0.265. The Bertz CT molecular complexity index is 544. The van der Waals surface area contributed by atoms with Gasteiger partial charge in [-0.05, 0) is 17.7 Å². The molecule has 0 amide bonds. The summed E-state index contributed by atoms with van der Waals surface area (Å²) in [6, 6.07) is 13.7. The molecule has 22 heavy (non-hydrogen) atoms. The molecular formula is C16H22IN3O2. The van der Waals surface area contributed by atoms with Gasteiger partial charge in [0.2, 0.25) is 0 Å². The number of halogens is 1. The lowest BCUT2D eigenvalue weighted by atomic mass is 10.0. The molecular weight excluding hydrogens is 393 g/mol. The predicted molar refractivity (Wildman–Crippen MR) is 98.6 cm³/mol. The molecule has 0 saturated heterocycles. The summed E-state index contributed by atoms with van der Waals surface area (Å²) in [5, 5.41) is 15.9. The maximum absolute atomic E-state index is 9.53. The Balaban J connectivity index is 0.00000242. The van der Waals surface area contributed by atoms with Gasteiger partial charge in [-0.3, -0.25) is 4.99 Å². The van der Waals surface area contributed by atoms with E-state index in [-0.39, 0.29) is 36.5 Å². The number of benzene rings is 1. The number of hydrogen-bond acceptors (Lipinski definition) is 3. The van der Waals surface area contributed by atoms with Crippen molar-refractivity contribution in [2.45, 2.75) is 12.5 Å². The van der Waals surface area contributed by atoms with E-state index in [4.69, 9.17) is 4.42 Å². The zero-order valence-corrected chi connectivity index (χ0v) is 14.9. The lowest BCUT2D eigenvalue weighted by Gasteiger charge is -2.17. The van der Waals surface area contributed by atoms with Gasteiger partial charge in [0, 0.05) is 19.5 Å². The van der Waals surface area contributed by atoms with Crippen LogP contribution in [0.4, 0.5) is 0 Å². The van der Waals surface area contributed by atoms with Gasteiger partial charge in [0.1, 0.15) is 5.76 Å². The number of aliphatic hydroxyl groups excluding tert-OH is 1. The topological polar surface area (TPSA) is 69.8 Å². The third kappa shape index (κ3) is 5.69. The molecule has 5 nitrogen and oxygen atoms in total. The second-order valence-electron chi connectivity index (χ2n) is 4.68. The van der Waals surface area contributed by atoms with Crippen LogP contribution in [0.15, 0.2) is 58.1 Å². The average molecular weight is 415 g/mol. The van der Waals surface area contributed by atoms with E-state index in [1.54, 1.807) is 13.3 Å². The zero-order chi connectivity index (χ0) is 14.9. The summed E-state index contributed by atoms with van der Waals surface area (Å²) in [6.45, 7) is 1.27. The number of hydrogen-bond donors (Lipinski definition) is 3. The van der Waals surface area contributed by atoms with E-state index in [0.717, 1.165) is 11.3 Å². The van der Waals surface area contributed by atoms with Gasteiger partial charge in [0.15, 0.2) is 5.96 Å². The molecule has 0 fully saturated rings. The summed E-state index contributed by atoms with van der Waals surface area (Å²) in [7, 11) is 1.72. The van der Waals surface area contributed by atoms with Crippen molar-refractivity contribution in [3.05, 3.63) is 60.1 Å². The number of furan rings is 1. The van der Waals surface area contributed by atoms with E-state index >= 15 is 0 Å². The number of rotatable bonds is 6. The molecule has 0 aliphatic carbocycles. The van der Waals surface area contributed by atoms with E-state index in [0.29, 0.717) is 19.0 Å². The molecule has 3 N–H and O–H groups in total. The molecule has 6 heteroatoms. The van der Waals surface area contributed by atoms with Crippen LogP contribution in [0.25, 0.3) is 0 Å². The molecule has 1 heterocycles. The van der Waals surface area contributed by atoms with E-state index in [1.807, 2.05) is 42.5 Å². The quantitative estimate of drug-likeness (QED) is 0.385. The summed E-state index contributed by atoms with van der Waals surface area (Å²) >= 11 is 0. The van der Waals surface area contributed by atoms with Gasteiger partial charge >= 0.3 is 0 Å². The number of aliphatic imine (C=N–C) groups is 1. The molecule has 0 aliphatic heterocycles. The van der Waals surface area contributed by atoms with Gasteiger partial charge in [-0.1, -0.05) is 30.3 Å². The maximum atomic E-state index is 9.53. The highest BCUT2D eigenvalue weighted by molar-refractivity contribution is 14.0. The van der Waals surface area contributed by atoms with E-state index in [1.165, 1.54) is 0 Å². The zero-order valence-electron chi connectivity index (χ0n) is 12.5. The number of nitrogens with one attached hydrogen (secondary N) is 2. The Morgan fingerprint density at radius 2 is 1.95 bits per heavy atom. The minimum absolute atomic E-state index is 0. The van der Waals surface area contributed by atoms with Crippen molar-refractivity contribution in [1.82, 2.24) is 10.6 Å². The number of nitrogens with zero attached hydrogens (tertiary/aromatic N) is 1. The van der Waals surface area contributed by atoms with Crippen molar-refractivity contribution in [2.24, 2.45) is 4.99 Å². The highest BCUT2D eigenvalue weighted by Crippen LogP contribution is 2.13. The van der Waals surface area contributed by atoms with Crippen LogP contribution in [-0.4, -0.2) is 31.3 Å². The SMILES string of the molecule is CN=C(NCc1ccco1)NCC(CO)c1ccccc1.I. The molecule has 1 aromatic heterocycles. The van der Waals surface area contributed by atoms with E-state index < -0.39 is 0 Å². The second kappa shape index (κ2) is 10.2. The third-order valence-electron chi connectivity index (χ3n) is 3.24. The third-order valence-corrected chi connectivity index (χ3v) is 3.24. The molecule has 120 valence electrons. The predicted octanol–water partition coefficient (Wildman–Crippen LogP) is 2.34. The van der Waals surface area contributed by atoms with Gasteiger partial charge in [-0.25, -0.2) is 0 Å². The molecule has 1 unspecified atom stereocenters. The number of aliphatic hydroxyl groups is 1. The smallest absolute Gasteiger partial charge is 0.191 e. The molecule has 0 radical (unpaired) electrons. The van der Waals surface area contributed by atoms with Crippen molar-refractivity contribution in [1.29, 1.82) is 0 Å². The molecule has 2 rings (SSSR count). The highest BCUT2D eigenvalue weighted by atomic mass is 127. The van der Waals surface area contributed by atoms with E-state index in [2.05, 4.69) is 15.6 Å². The van der Waals surface area contributed by atoms with E-state index in [9.17, 15) is 5.11 Å². The first-order chi connectivity index (χ1) is 10.3. The van der Waals surface area contributed by atoms with Crippen LogP contribution in [0.3, 0.4) is 0 Å². The molecule has 0 aliphatic rings. The fraction of sp³-hybridized carbons (Fsp3) is 0.312. The second-order valence-corrected chi connectivity index (χ2v) is 4.68. The standard InChI is InChI=1S/C16H21N3O2.HI/c1-17-16(19-11-15-8-5-9-21-15)18-10-14(12-20)13-6-3-2-4-7-13;/h2-9,14,20H,10-12H2,1H3,(H2,17,18,19);1H. The Morgan fingerprint density at radius 3 is 2.55 bits per heavy atom. The fourth-order valence-electron chi connectivity index (χ4n) is 2.04. The van der Waals surface area contributed by atoms with Crippen LogP contribution < -0.4 is 10.6 Å². The molecule has 0 spiro atoms. The number of guanidine groups is 1. The summed E-state index contributed by atoms with van der Waals surface area (Å²) < 4.78 is 5.26. The Hall–Kier alpha value is -1.54. The van der Waals surface area contributed by atoms with Gasteiger partial charge in [-0.15, -0.1) is 24.0 Å². The normalized spacial score (nSPS) is 12.4. The molecule has 2 aromatic rings. The first-order valence-electron chi connectivity index (χ1n) is 6.96. The summed E-state index contributed by atoms with van der Waals surface area (Å²) in [4.78, 5) is 4.16. The van der Waals surface area contributed by atoms with Crippen LogP contribution in [0, 0.1) is 0 Å². The summed E-state index contributed by atoms with van der Waals surface area (Å²) in [6.07, 6.45) is 1.64. The van der Waals surface area contributed by atoms with Crippen LogP contribution in [0.1, 0.15) is 17.2 Å². The minimum Gasteiger partial charge on any atom is -0.467 e. The van der Waals surface area contributed by atoms with Crippen molar-refractivity contribution >= 4 is 29.9 Å². The Kier molecular flexibility index (Phi) is 8.61. The van der Waals surface area contributed by atoms with Gasteiger partial charge in [0.05, 0.1) is 19.4 Å². The lowest BCUT2D eigenvalue weighted by Crippen LogP contribution is -2.39. The Labute approximate surface area is 147 Å². The monoisotopic (exact) mass is 415 g/mol. The maximum Gasteiger partial charge on any atom is 0.191 e. The van der Waals surface area contributed by atoms with Crippen molar-refractivity contribution in [3.8, 4) is 0 Å². The highest BCUT2D eigenvalue weighted by Gasteiger charge is 2.10. The van der Waals surface area contributed by atoms with Gasteiger partial charge in [-0.2, -0.15) is 0 Å². The minimum atomic E-state index is 0. The van der Waals surface area contributed by atoms with Gasteiger partial charge < -0.3 is 20.2 Å². The van der Waals surface area contributed by atoms with Crippen molar-refractivity contribution in [2.75, 3.05) is 20.2 Å². The molecule has 0 saturated carbocycles.